The Morgan fingerprint density at radius 3 is 2.41 bits per heavy atom. The zero-order chi connectivity index (χ0) is 28.6. The molecule has 13 heteroatoms. The number of amides is 1. The van der Waals surface area contributed by atoms with Gasteiger partial charge in [0.25, 0.3) is 5.56 Å². The second kappa shape index (κ2) is 11.8. The van der Waals surface area contributed by atoms with Crippen LogP contribution in [0.4, 0.5) is 23.7 Å². The first kappa shape index (κ1) is 29.8. The van der Waals surface area contributed by atoms with E-state index in [1.165, 1.54) is 71.6 Å². The van der Waals surface area contributed by atoms with Gasteiger partial charge in [-0.1, -0.05) is 36.4 Å². The zero-order valence-corrected chi connectivity index (χ0v) is 23.4. The maximum absolute atomic E-state index is 13.5. The molecule has 2 N–H and O–H groups in total. The number of halogens is 3. The first-order valence-electron chi connectivity index (χ1n) is 11.8. The number of fused-ring (bicyclic) bond motifs is 1. The number of hydrogen-bond acceptors (Lipinski definition) is 6. The van der Waals surface area contributed by atoms with Crippen molar-refractivity contribution in [2.45, 2.75) is 12.3 Å². The molecule has 0 radical (unpaired) electrons. The molecule has 1 aromatic heterocycles. The number of aromatic amines is 1. The van der Waals surface area contributed by atoms with E-state index >= 15 is 0 Å². The monoisotopic (exact) mass is 576 g/mol. The van der Waals surface area contributed by atoms with Gasteiger partial charge in [-0.3, -0.25) is 9.69 Å². The topological polar surface area (TPSA) is 126 Å². The van der Waals surface area contributed by atoms with Crippen LogP contribution in [0.5, 0.6) is 0 Å². The summed E-state index contributed by atoms with van der Waals surface area (Å²) in [4.78, 5) is 52.8. The molecule has 1 atom stereocenters. The van der Waals surface area contributed by atoms with Gasteiger partial charge in [0, 0.05) is 22.3 Å². The first-order valence-corrected chi connectivity index (χ1v) is 11.8. The van der Waals surface area contributed by atoms with Gasteiger partial charge in [0.1, 0.15) is 6.61 Å². The number of carboxylic acid groups (broad SMARTS) is 1. The summed E-state index contributed by atoms with van der Waals surface area (Å²) in [6.07, 6.45) is -6.26. The van der Waals surface area contributed by atoms with Crippen molar-refractivity contribution < 1.29 is 73.1 Å². The van der Waals surface area contributed by atoms with E-state index in [-0.39, 0.29) is 77.6 Å². The molecule has 41 heavy (non-hydrogen) atoms. The molecular formula is C28H20F3N2NaO7. The molecular weight excluding hydrogens is 556 g/mol. The molecule has 206 valence electrons. The Labute approximate surface area is 253 Å². The molecule has 1 saturated heterocycles. The van der Waals surface area contributed by atoms with Gasteiger partial charge < -0.3 is 21.0 Å². The summed E-state index contributed by atoms with van der Waals surface area (Å²) < 4.78 is 50.9. The maximum atomic E-state index is 13.5. The molecule has 3 aromatic carbocycles. The summed E-state index contributed by atoms with van der Waals surface area (Å²) in [5.74, 6) is -2.19. The number of nitrogens with one attached hydrogen (secondary N) is 1. The van der Waals surface area contributed by atoms with Crippen molar-refractivity contribution in [3.05, 3.63) is 99.8 Å². The van der Waals surface area contributed by atoms with Crippen LogP contribution in [0.25, 0.3) is 22.0 Å². The molecule has 1 aliphatic rings. The van der Waals surface area contributed by atoms with Gasteiger partial charge in [0.2, 0.25) is 0 Å². The molecule has 0 spiro atoms. The average Bonchev–Trinajstić information content (AvgIpc) is 3.31. The molecule has 0 unspecified atom stereocenters. The number of ether oxygens (including phenoxy) is 2. The number of anilines is 1. The molecule has 5 rings (SSSR count). The van der Waals surface area contributed by atoms with E-state index in [0.29, 0.717) is 5.39 Å². The van der Waals surface area contributed by atoms with Crippen molar-refractivity contribution in [1.29, 1.82) is 0 Å². The standard InChI is InChI=1S/C28H19F3N2O7.Na.H/c29-28(30,31)22-8-4-3-7-20(22)23-11-15-9-10-16(12-21(15)24(34)32-23)33-13-17(40-27(33)38)14-39-26(37)19-6-2-1-5-18(19)25(35)36;;/h1-12,17H,13-14H2,(H,32,34)(H,35,36);;/q;+1;-1/t17-;;/m1../s1. The van der Waals surface area contributed by atoms with Crippen LogP contribution in [0, 0.1) is 0 Å². The first-order chi connectivity index (χ1) is 19.0. The van der Waals surface area contributed by atoms with E-state index in [9.17, 15) is 37.5 Å². The SMILES string of the molecule is O=C(O)c1ccccc1C(=O)OC[C@H]1CN(c2ccc3cc(-c4ccccc4C(F)(F)F)[nH]c(=O)c3c2)C(=O)O1.[H-].[Na+]. The molecule has 0 bridgehead atoms. The largest absolute Gasteiger partial charge is 1.00 e. The number of cyclic esters (lactones) is 1. The molecule has 9 nitrogen and oxygen atoms in total. The third-order valence-corrected chi connectivity index (χ3v) is 6.32. The van der Waals surface area contributed by atoms with Crippen molar-refractivity contribution >= 4 is 34.5 Å². The molecule has 4 aromatic rings. The van der Waals surface area contributed by atoms with Crippen LogP contribution in [-0.2, 0) is 15.7 Å². The van der Waals surface area contributed by atoms with Crippen LogP contribution in [0.2, 0.25) is 0 Å². The third kappa shape index (κ3) is 6.14. The molecule has 1 amide bonds. The number of carbonyl (C=O) groups is 3. The fourth-order valence-corrected chi connectivity index (χ4v) is 4.44. The number of H-pyrrole nitrogens is 1. The fourth-order valence-electron chi connectivity index (χ4n) is 4.44. The Kier molecular flexibility index (Phi) is 8.57. The summed E-state index contributed by atoms with van der Waals surface area (Å²) >= 11 is 0. The molecule has 0 aliphatic carbocycles. The Hall–Kier alpha value is -4.13. The number of pyridine rings is 1. The van der Waals surface area contributed by atoms with Gasteiger partial charge in [-0.25, -0.2) is 14.4 Å². The summed E-state index contributed by atoms with van der Waals surface area (Å²) in [5, 5.41) is 9.74. The quantitative estimate of drug-likeness (QED) is 0.266. The molecule has 2 heterocycles. The van der Waals surface area contributed by atoms with Crippen molar-refractivity contribution in [2.75, 3.05) is 18.1 Å². The second-order valence-corrected chi connectivity index (χ2v) is 8.89. The van der Waals surface area contributed by atoms with E-state index in [2.05, 4.69) is 4.98 Å². The summed E-state index contributed by atoms with van der Waals surface area (Å²) in [6, 6.07) is 16.3. The van der Waals surface area contributed by atoms with Crippen LogP contribution in [0.3, 0.4) is 0 Å². The average molecular weight is 576 g/mol. The maximum Gasteiger partial charge on any atom is 1.00 e. The Balaban J connectivity index is 0.00000242. The van der Waals surface area contributed by atoms with E-state index < -0.39 is 41.4 Å². The van der Waals surface area contributed by atoms with Crippen LogP contribution < -0.4 is 40.0 Å². The van der Waals surface area contributed by atoms with E-state index in [1.54, 1.807) is 0 Å². The van der Waals surface area contributed by atoms with Gasteiger partial charge in [0.05, 0.1) is 23.2 Å². The number of esters is 1. The van der Waals surface area contributed by atoms with Crippen LogP contribution in [-0.4, -0.2) is 47.4 Å². The summed E-state index contributed by atoms with van der Waals surface area (Å²) in [5.41, 5.74) is -1.82. The van der Waals surface area contributed by atoms with Crippen molar-refractivity contribution in [3.8, 4) is 11.3 Å². The Morgan fingerprint density at radius 2 is 1.71 bits per heavy atom. The van der Waals surface area contributed by atoms with Crippen molar-refractivity contribution in [1.82, 2.24) is 4.98 Å². The molecule has 0 saturated carbocycles. The molecule has 1 fully saturated rings. The minimum atomic E-state index is -4.62. The van der Waals surface area contributed by atoms with Crippen LogP contribution >= 0.6 is 0 Å². The third-order valence-electron chi connectivity index (χ3n) is 6.32. The number of nitrogens with zero attached hydrogens (tertiary/aromatic N) is 1. The van der Waals surface area contributed by atoms with Gasteiger partial charge in [-0.15, -0.1) is 0 Å². The van der Waals surface area contributed by atoms with Gasteiger partial charge in [0.15, 0.2) is 6.10 Å². The number of alkyl halides is 3. The number of hydrogen-bond donors (Lipinski definition) is 2. The van der Waals surface area contributed by atoms with E-state index in [0.717, 1.165) is 6.07 Å². The minimum Gasteiger partial charge on any atom is -1.00 e. The van der Waals surface area contributed by atoms with E-state index in [4.69, 9.17) is 9.47 Å². The van der Waals surface area contributed by atoms with Gasteiger partial charge in [-0.05, 0) is 41.8 Å². The van der Waals surface area contributed by atoms with Crippen molar-refractivity contribution in [2.24, 2.45) is 0 Å². The zero-order valence-electron chi connectivity index (χ0n) is 22.4. The molecule has 1 aliphatic heterocycles. The van der Waals surface area contributed by atoms with Crippen LogP contribution in [0.15, 0.2) is 77.6 Å². The van der Waals surface area contributed by atoms with Gasteiger partial charge >= 0.3 is 53.8 Å². The van der Waals surface area contributed by atoms with Gasteiger partial charge in [-0.2, -0.15) is 13.2 Å². The summed E-state index contributed by atoms with van der Waals surface area (Å²) in [7, 11) is 0. The summed E-state index contributed by atoms with van der Waals surface area (Å²) in [6.45, 7) is -0.377. The number of benzene rings is 3. The van der Waals surface area contributed by atoms with Crippen LogP contribution in [0.1, 0.15) is 27.7 Å². The predicted octanol–water partition coefficient (Wildman–Crippen LogP) is 2.21. The number of carbonyl (C=O) groups excluding carboxylic acids is 2. The number of aromatic carboxylic acids is 1. The smallest absolute Gasteiger partial charge is 1.00 e. The Morgan fingerprint density at radius 1 is 1.02 bits per heavy atom. The predicted molar refractivity (Wildman–Crippen MR) is 137 cm³/mol. The normalized spacial score (nSPS) is 14.9. The van der Waals surface area contributed by atoms with E-state index in [1.807, 2.05) is 0 Å². The number of rotatable bonds is 6. The fraction of sp³-hybridized carbons (Fsp3) is 0.143. The number of aromatic nitrogens is 1. The van der Waals surface area contributed by atoms with Crippen molar-refractivity contribution in [3.63, 3.8) is 0 Å². The second-order valence-electron chi connectivity index (χ2n) is 8.89. The minimum absolute atomic E-state index is 0. The Bertz CT molecular complexity index is 1730. The number of carboxylic acids is 1.